The van der Waals surface area contributed by atoms with Gasteiger partial charge in [-0.25, -0.2) is 0 Å². The van der Waals surface area contributed by atoms with Gasteiger partial charge in [0.05, 0.1) is 12.2 Å². The molecule has 2 N–H and O–H groups in total. The van der Waals surface area contributed by atoms with Crippen LogP contribution in [0.5, 0.6) is 5.75 Å². The molecule has 1 amide bonds. The number of ether oxygens (including phenoxy) is 1. The molecule has 0 aliphatic heterocycles. The van der Waals surface area contributed by atoms with Crippen LogP contribution in [0.1, 0.15) is 33.6 Å². The SMILES string of the molecule is Cc1scc(C(=O)Nc2ccc(OCCCC(=O)O)cc2)c1C. The van der Waals surface area contributed by atoms with Crippen LogP contribution >= 0.6 is 11.3 Å². The maximum absolute atomic E-state index is 12.2. The van der Waals surface area contributed by atoms with Gasteiger partial charge in [-0.3, -0.25) is 9.59 Å². The Morgan fingerprint density at radius 3 is 2.48 bits per heavy atom. The molecule has 1 heterocycles. The van der Waals surface area contributed by atoms with Crippen molar-refractivity contribution in [2.45, 2.75) is 26.7 Å². The average molecular weight is 333 g/mol. The van der Waals surface area contributed by atoms with Gasteiger partial charge in [-0.05, 0) is 50.1 Å². The molecular formula is C17H19NO4S. The minimum absolute atomic E-state index is 0.0908. The normalized spacial score (nSPS) is 10.3. The van der Waals surface area contributed by atoms with Gasteiger partial charge in [0.1, 0.15) is 5.75 Å². The van der Waals surface area contributed by atoms with E-state index in [0.29, 0.717) is 30.0 Å². The molecule has 1 aromatic carbocycles. The van der Waals surface area contributed by atoms with Gasteiger partial charge in [0.25, 0.3) is 5.91 Å². The van der Waals surface area contributed by atoms with Gasteiger partial charge in [0.2, 0.25) is 0 Å². The Balaban J connectivity index is 1.88. The number of benzene rings is 1. The van der Waals surface area contributed by atoms with E-state index < -0.39 is 5.97 Å². The Morgan fingerprint density at radius 1 is 1.22 bits per heavy atom. The van der Waals surface area contributed by atoms with Crippen LogP contribution in [0.25, 0.3) is 0 Å². The molecule has 0 bridgehead atoms. The van der Waals surface area contributed by atoms with E-state index in [1.807, 2.05) is 19.2 Å². The van der Waals surface area contributed by atoms with Crippen molar-refractivity contribution in [3.63, 3.8) is 0 Å². The lowest BCUT2D eigenvalue weighted by molar-refractivity contribution is -0.137. The molecule has 5 nitrogen and oxygen atoms in total. The summed E-state index contributed by atoms with van der Waals surface area (Å²) in [5.41, 5.74) is 2.39. The van der Waals surface area contributed by atoms with Crippen molar-refractivity contribution in [3.05, 3.63) is 45.6 Å². The molecule has 0 saturated heterocycles. The number of carboxylic acid groups (broad SMARTS) is 1. The summed E-state index contributed by atoms with van der Waals surface area (Å²) in [6.07, 6.45) is 0.554. The molecule has 0 aliphatic rings. The largest absolute Gasteiger partial charge is 0.494 e. The van der Waals surface area contributed by atoms with Crippen LogP contribution in [0.4, 0.5) is 5.69 Å². The first kappa shape index (κ1) is 17.0. The van der Waals surface area contributed by atoms with Crippen LogP contribution in [0.2, 0.25) is 0 Å². The molecule has 122 valence electrons. The third-order valence-corrected chi connectivity index (χ3v) is 4.46. The van der Waals surface area contributed by atoms with Crippen molar-refractivity contribution >= 4 is 28.9 Å². The van der Waals surface area contributed by atoms with Crippen LogP contribution in [0, 0.1) is 13.8 Å². The number of nitrogens with one attached hydrogen (secondary N) is 1. The van der Waals surface area contributed by atoms with Crippen LogP contribution < -0.4 is 10.1 Å². The van der Waals surface area contributed by atoms with Crippen molar-refractivity contribution in [3.8, 4) is 5.75 Å². The zero-order valence-electron chi connectivity index (χ0n) is 13.1. The second kappa shape index (κ2) is 7.78. The molecule has 2 aromatic rings. The number of amides is 1. The van der Waals surface area contributed by atoms with E-state index in [-0.39, 0.29) is 12.3 Å². The van der Waals surface area contributed by atoms with E-state index in [1.165, 1.54) is 0 Å². The Kier molecular flexibility index (Phi) is 5.76. The Hall–Kier alpha value is -2.34. The van der Waals surface area contributed by atoms with E-state index in [9.17, 15) is 9.59 Å². The molecule has 6 heteroatoms. The number of carboxylic acids is 1. The lowest BCUT2D eigenvalue weighted by Crippen LogP contribution is -2.12. The lowest BCUT2D eigenvalue weighted by Gasteiger charge is -2.08. The summed E-state index contributed by atoms with van der Waals surface area (Å²) in [4.78, 5) is 23.8. The Morgan fingerprint density at radius 2 is 1.91 bits per heavy atom. The molecule has 0 aliphatic carbocycles. The van der Waals surface area contributed by atoms with E-state index >= 15 is 0 Å². The summed E-state index contributed by atoms with van der Waals surface area (Å²) in [5, 5.41) is 13.3. The Bertz CT molecular complexity index is 691. The second-order valence-electron chi connectivity index (χ2n) is 5.15. The summed E-state index contributed by atoms with van der Waals surface area (Å²) in [6.45, 7) is 4.29. The molecule has 23 heavy (non-hydrogen) atoms. The lowest BCUT2D eigenvalue weighted by atomic mass is 10.1. The van der Waals surface area contributed by atoms with Gasteiger partial charge >= 0.3 is 5.97 Å². The molecular weight excluding hydrogens is 314 g/mol. The first-order valence-corrected chi connectivity index (χ1v) is 8.16. The van der Waals surface area contributed by atoms with E-state index in [1.54, 1.807) is 35.6 Å². The zero-order chi connectivity index (χ0) is 16.8. The smallest absolute Gasteiger partial charge is 0.303 e. The number of anilines is 1. The van der Waals surface area contributed by atoms with Crippen LogP contribution in [0.3, 0.4) is 0 Å². The summed E-state index contributed by atoms with van der Waals surface area (Å²) in [6, 6.07) is 7.03. The standard InChI is InChI=1S/C17H19NO4S/c1-11-12(2)23-10-15(11)17(21)18-13-5-7-14(8-6-13)22-9-3-4-16(19)20/h5-8,10H,3-4,9H2,1-2H3,(H,18,21)(H,19,20). The fourth-order valence-corrected chi connectivity index (χ4v) is 2.85. The highest BCUT2D eigenvalue weighted by atomic mass is 32.1. The monoisotopic (exact) mass is 333 g/mol. The summed E-state index contributed by atoms with van der Waals surface area (Å²) in [5.74, 6) is -0.302. The molecule has 0 radical (unpaired) electrons. The van der Waals surface area contributed by atoms with Gasteiger partial charge in [0, 0.05) is 22.4 Å². The summed E-state index contributed by atoms with van der Waals surface area (Å²) < 4.78 is 5.45. The summed E-state index contributed by atoms with van der Waals surface area (Å²) >= 11 is 1.56. The number of hydrogen-bond donors (Lipinski definition) is 2. The molecule has 1 aromatic heterocycles. The van der Waals surface area contributed by atoms with Gasteiger partial charge < -0.3 is 15.2 Å². The Labute approximate surface area is 138 Å². The van der Waals surface area contributed by atoms with E-state index in [4.69, 9.17) is 9.84 Å². The molecule has 0 saturated carbocycles. The molecule has 0 spiro atoms. The average Bonchev–Trinajstić information content (AvgIpc) is 2.85. The molecule has 0 fully saturated rings. The number of thiophene rings is 1. The fraction of sp³-hybridized carbons (Fsp3) is 0.294. The van der Waals surface area contributed by atoms with Crippen molar-refractivity contribution in [2.75, 3.05) is 11.9 Å². The predicted molar refractivity (Wildman–Crippen MR) is 90.6 cm³/mol. The highest BCUT2D eigenvalue weighted by Gasteiger charge is 2.12. The fourth-order valence-electron chi connectivity index (χ4n) is 1.98. The van der Waals surface area contributed by atoms with Crippen molar-refractivity contribution in [2.24, 2.45) is 0 Å². The van der Waals surface area contributed by atoms with Gasteiger partial charge in [0.15, 0.2) is 0 Å². The highest BCUT2D eigenvalue weighted by Crippen LogP contribution is 2.22. The van der Waals surface area contributed by atoms with Gasteiger partial charge in [-0.2, -0.15) is 0 Å². The second-order valence-corrected chi connectivity index (χ2v) is 6.24. The number of carbonyl (C=O) groups is 2. The third-order valence-electron chi connectivity index (χ3n) is 3.45. The first-order valence-electron chi connectivity index (χ1n) is 7.28. The summed E-state index contributed by atoms with van der Waals surface area (Å²) in [7, 11) is 0. The first-order chi connectivity index (χ1) is 11.0. The van der Waals surface area contributed by atoms with Gasteiger partial charge in [-0.15, -0.1) is 11.3 Å². The van der Waals surface area contributed by atoms with Crippen LogP contribution in [-0.2, 0) is 4.79 Å². The van der Waals surface area contributed by atoms with Crippen molar-refractivity contribution < 1.29 is 19.4 Å². The van der Waals surface area contributed by atoms with Crippen LogP contribution in [0.15, 0.2) is 29.6 Å². The number of aryl methyl sites for hydroxylation is 1. The van der Waals surface area contributed by atoms with E-state index in [2.05, 4.69) is 5.32 Å². The van der Waals surface area contributed by atoms with E-state index in [0.717, 1.165) is 10.4 Å². The van der Waals surface area contributed by atoms with Gasteiger partial charge in [-0.1, -0.05) is 0 Å². The molecule has 0 unspecified atom stereocenters. The predicted octanol–water partition coefficient (Wildman–Crippen LogP) is 3.86. The number of carbonyl (C=O) groups excluding carboxylic acids is 1. The molecule has 0 atom stereocenters. The van der Waals surface area contributed by atoms with Crippen molar-refractivity contribution in [1.82, 2.24) is 0 Å². The maximum Gasteiger partial charge on any atom is 0.303 e. The quantitative estimate of drug-likeness (QED) is 0.754. The highest BCUT2D eigenvalue weighted by molar-refractivity contribution is 7.10. The van der Waals surface area contributed by atoms with Crippen molar-refractivity contribution in [1.29, 1.82) is 0 Å². The number of aliphatic carboxylic acids is 1. The zero-order valence-corrected chi connectivity index (χ0v) is 13.9. The number of hydrogen-bond acceptors (Lipinski definition) is 4. The molecule has 2 rings (SSSR count). The minimum Gasteiger partial charge on any atom is -0.494 e. The maximum atomic E-state index is 12.2. The minimum atomic E-state index is -0.828. The third kappa shape index (κ3) is 4.82. The number of rotatable bonds is 7. The topological polar surface area (TPSA) is 75.6 Å². The van der Waals surface area contributed by atoms with Crippen LogP contribution in [-0.4, -0.2) is 23.6 Å².